The number of likely N-dealkylation sites (tertiary alicyclic amines) is 1. The van der Waals surface area contributed by atoms with Gasteiger partial charge >= 0.3 is 0 Å². The summed E-state index contributed by atoms with van der Waals surface area (Å²) in [5.74, 6) is 3.40. The van der Waals surface area contributed by atoms with Gasteiger partial charge in [0.25, 0.3) is 0 Å². The highest BCUT2D eigenvalue weighted by atomic mass is 16.5. The zero-order chi connectivity index (χ0) is 20.2. The lowest BCUT2D eigenvalue weighted by Gasteiger charge is -2.18. The largest absolute Gasteiger partial charge is 0.493 e. The lowest BCUT2D eigenvalue weighted by atomic mass is 10.1. The van der Waals surface area contributed by atoms with Crippen molar-refractivity contribution >= 4 is 0 Å². The van der Waals surface area contributed by atoms with E-state index in [0.29, 0.717) is 29.0 Å². The third kappa shape index (κ3) is 4.02. The fourth-order valence-corrected chi connectivity index (χ4v) is 3.68. The van der Waals surface area contributed by atoms with E-state index >= 15 is 0 Å². The zero-order valence-electron chi connectivity index (χ0n) is 16.8. The van der Waals surface area contributed by atoms with Gasteiger partial charge in [-0.2, -0.15) is 4.98 Å². The molecule has 0 aliphatic carbocycles. The number of hydrogen-bond acceptors (Lipinski definition) is 8. The molecule has 0 N–H and O–H groups in total. The molecule has 1 saturated heterocycles. The number of rotatable bonds is 7. The summed E-state index contributed by atoms with van der Waals surface area (Å²) in [4.78, 5) is 11.0. The van der Waals surface area contributed by atoms with Gasteiger partial charge in [0.05, 0.1) is 27.2 Å². The van der Waals surface area contributed by atoms with E-state index in [9.17, 15) is 0 Å². The molecule has 8 nitrogen and oxygen atoms in total. The van der Waals surface area contributed by atoms with Crippen LogP contribution in [0.3, 0.4) is 0 Å². The molecule has 0 saturated carbocycles. The van der Waals surface area contributed by atoms with Crippen molar-refractivity contribution in [3.63, 3.8) is 0 Å². The van der Waals surface area contributed by atoms with E-state index in [1.54, 1.807) is 33.7 Å². The van der Waals surface area contributed by atoms with Crippen molar-refractivity contribution in [1.29, 1.82) is 0 Å². The van der Waals surface area contributed by atoms with Gasteiger partial charge < -0.3 is 18.7 Å². The molecule has 0 spiro atoms. The highest BCUT2D eigenvalue weighted by molar-refractivity contribution is 5.54. The molecule has 1 aromatic carbocycles. The molecule has 8 heteroatoms. The van der Waals surface area contributed by atoms with E-state index in [2.05, 4.69) is 20.0 Å². The summed E-state index contributed by atoms with van der Waals surface area (Å²) in [5.41, 5.74) is 1.96. The second-order valence-corrected chi connectivity index (χ2v) is 6.95. The molecule has 1 aliphatic heterocycles. The first kappa shape index (κ1) is 19.2. The minimum atomic E-state index is 0.218. The van der Waals surface area contributed by atoms with Crippen LogP contribution >= 0.6 is 0 Å². The Balaban J connectivity index is 1.45. The lowest BCUT2D eigenvalue weighted by molar-refractivity contribution is 0.303. The Morgan fingerprint density at radius 3 is 2.59 bits per heavy atom. The highest BCUT2D eigenvalue weighted by Crippen LogP contribution is 2.39. The number of hydrogen-bond donors (Lipinski definition) is 0. The summed E-state index contributed by atoms with van der Waals surface area (Å²) in [6.45, 7) is 2.58. The summed E-state index contributed by atoms with van der Waals surface area (Å²) in [6.07, 6.45) is 4.43. The molecular weight excluding hydrogens is 372 g/mol. The van der Waals surface area contributed by atoms with Crippen LogP contribution in [0.2, 0.25) is 0 Å². The predicted molar refractivity (Wildman–Crippen MR) is 106 cm³/mol. The first-order chi connectivity index (χ1) is 14.2. The molecule has 0 radical (unpaired) electrons. The summed E-state index contributed by atoms with van der Waals surface area (Å²) < 4.78 is 21.8. The monoisotopic (exact) mass is 396 g/mol. The minimum absolute atomic E-state index is 0.218. The number of pyridine rings is 1. The zero-order valence-corrected chi connectivity index (χ0v) is 16.8. The second-order valence-electron chi connectivity index (χ2n) is 6.95. The maximum Gasteiger partial charge on any atom is 0.231 e. The smallest absolute Gasteiger partial charge is 0.231 e. The van der Waals surface area contributed by atoms with Crippen LogP contribution in [0.25, 0.3) is 11.4 Å². The van der Waals surface area contributed by atoms with Gasteiger partial charge in [-0.3, -0.25) is 9.88 Å². The van der Waals surface area contributed by atoms with Gasteiger partial charge in [0.1, 0.15) is 0 Å². The van der Waals surface area contributed by atoms with E-state index in [0.717, 1.165) is 37.2 Å². The molecule has 2 aromatic heterocycles. The first-order valence-corrected chi connectivity index (χ1v) is 9.47. The molecule has 4 rings (SSSR count). The van der Waals surface area contributed by atoms with Crippen LogP contribution in [-0.2, 0) is 6.54 Å². The molecule has 0 bridgehead atoms. The Morgan fingerprint density at radius 1 is 1.14 bits per heavy atom. The van der Waals surface area contributed by atoms with E-state index in [1.807, 2.05) is 24.3 Å². The Kier molecular flexibility index (Phi) is 5.62. The van der Waals surface area contributed by atoms with Gasteiger partial charge in [0, 0.05) is 31.0 Å². The maximum absolute atomic E-state index is 5.53. The molecule has 1 fully saturated rings. The molecule has 3 aromatic rings. The normalized spacial score (nSPS) is 16.7. The standard InChI is InChI=1S/C21H24N4O4/c1-26-17-9-14(10-18(27-2)19(17)28-3)12-25-8-6-16(13-25)21-23-20(24-29-21)15-5-4-7-22-11-15/h4-5,7,9-11,16H,6,8,12-13H2,1-3H3/t16-/m0/s1. The minimum Gasteiger partial charge on any atom is -0.493 e. The van der Waals surface area contributed by atoms with Crippen molar-refractivity contribution in [2.24, 2.45) is 0 Å². The van der Waals surface area contributed by atoms with Crippen molar-refractivity contribution in [1.82, 2.24) is 20.0 Å². The average Bonchev–Trinajstić information content (AvgIpc) is 3.43. The van der Waals surface area contributed by atoms with E-state index in [-0.39, 0.29) is 5.92 Å². The molecule has 0 amide bonds. The summed E-state index contributed by atoms with van der Waals surface area (Å²) in [6, 6.07) is 7.76. The topological polar surface area (TPSA) is 82.7 Å². The molecule has 3 heterocycles. The molecular formula is C21H24N4O4. The van der Waals surface area contributed by atoms with Gasteiger partial charge in [-0.1, -0.05) is 5.16 Å². The summed E-state index contributed by atoms with van der Waals surface area (Å²) >= 11 is 0. The van der Waals surface area contributed by atoms with Crippen LogP contribution in [0.5, 0.6) is 17.2 Å². The van der Waals surface area contributed by atoms with Crippen molar-refractivity contribution in [2.45, 2.75) is 18.9 Å². The van der Waals surface area contributed by atoms with Crippen LogP contribution in [0.1, 0.15) is 23.8 Å². The van der Waals surface area contributed by atoms with Crippen molar-refractivity contribution < 1.29 is 18.7 Å². The second kappa shape index (κ2) is 8.48. The van der Waals surface area contributed by atoms with Gasteiger partial charge in [-0.15, -0.1) is 0 Å². The maximum atomic E-state index is 5.53. The van der Waals surface area contributed by atoms with Gasteiger partial charge in [-0.05, 0) is 42.8 Å². The van der Waals surface area contributed by atoms with Crippen LogP contribution in [0.4, 0.5) is 0 Å². The number of nitrogens with zero attached hydrogens (tertiary/aromatic N) is 4. The van der Waals surface area contributed by atoms with E-state index < -0.39 is 0 Å². The van der Waals surface area contributed by atoms with Gasteiger partial charge in [-0.25, -0.2) is 0 Å². The first-order valence-electron chi connectivity index (χ1n) is 9.47. The van der Waals surface area contributed by atoms with E-state index in [1.165, 1.54) is 0 Å². The van der Waals surface area contributed by atoms with Crippen molar-refractivity contribution in [2.75, 3.05) is 34.4 Å². The Labute approximate surface area is 169 Å². The van der Waals surface area contributed by atoms with Crippen molar-refractivity contribution in [3.8, 4) is 28.6 Å². The SMILES string of the molecule is COc1cc(CN2CC[C@H](c3nc(-c4cccnc4)no3)C2)cc(OC)c1OC. The molecule has 29 heavy (non-hydrogen) atoms. The number of aromatic nitrogens is 3. The van der Waals surface area contributed by atoms with Crippen LogP contribution in [0.15, 0.2) is 41.2 Å². The van der Waals surface area contributed by atoms with Crippen LogP contribution in [-0.4, -0.2) is 54.4 Å². The van der Waals surface area contributed by atoms with Crippen LogP contribution < -0.4 is 14.2 Å². The van der Waals surface area contributed by atoms with Crippen LogP contribution in [0, 0.1) is 0 Å². The molecule has 152 valence electrons. The fourth-order valence-electron chi connectivity index (χ4n) is 3.68. The predicted octanol–water partition coefficient (Wildman–Crippen LogP) is 3.15. The summed E-state index contributed by atoms with van der Waals surface area (Å²) in [5, 5.41) is 4.11. The third-order valence-corrected chi connectivity index (χ3v) is 5.11. The van der Waals surface area contributed by atoms with Gasteiger partial charge in [0.15, 0.2) is 11.5 Å². The molecule has 1 aliphatic rings. The molecule has 0 unspecified atom stereocenters. The Hall–Kier alpha value is -3.13. The average molecular weight is 396 g/mol. The number of methoxy groups -OCH3 is 3. The quantitative estimate of drug-likeness (QED) is 0.602. The Morgan fingerprint density at radius 2 is 1.93 bits per heavy atom. The Bertz CT molecular complexity index is 935. The lowest BCUT2D eigenvalue weighted by Crippen LogP contribution is -2.20. The fraction of sp³-hybridized carbons (Fsp3) is 0.381. The molecule has 1 atom stereocenters. The van der Waals surface area contributed by atoms with E-state index in [4.69, 9.17) is 18.7 Å². The summed E-state index contributed by atoms with van der Waals surface area (Å²) in [7, 11) is 4.86. The van der Waals surface area contributed by atoms with Crippen molar-refractivity contribution in [3.05, 3.63) is 48.1 Å². The number of benzene rings is 1. The van der Waals surface area contributed by atoms with Gasteiger partial charge in [0.2, 0.25) is 17.5 Å². The highest BCUT2D eigenvalue weighted by Gasteiger charge is 2.29. The number of ether oxygens (including phenoxy) is 3. The third-order valence-electron chi connectivity index (χ3n) is 5.11.